The summed E-state index contributed by atoms with van der Waals surface area (Å²) in [6, 6.07) is 21.9. The smallest absolute Gasteiger partial charge is 0.261 e. The van der Waals surface area contributed by atoms with Gasteiger partial charge < -0.3 is 15.0 Å². The van der Waals surface area contributed by atoms with Crippen molar-refractivity contribution in [2.75, 3.05) is 29.8 Å². The van der Waals surface area contributed by atoms with Gasteiger partial charge in [0.05, 0.1) is 17.6 Å². The average molecular weight is 522 g/mol. The number of rotatable bonds is 9. The Kier molecular flexibility index (Phi) is 8.38. The van der Waals surface area contributed by atoms with Gasteiger partial charge in [-0.05, 0) is 87.1 Å². The van der Waals surface area contributed by atoms with Gasteiger partial charge in [-0.3, -0.25) is 9.52 Å². The van der Waals surface area contributed by atoms with Crippen molar-refractivity contribution < 1.29 is 17.9 Å². The molecule has 0 unspecified atom stereocenters. The van der Waals surface area contributed by atoms with Crippen LogP contribution in [-0.2, 0) is 16.4 Å². The molecule has 196 valence electrons. The number of amides is 1. The first kappa shape index (κ1) is 26.5. The Morgan fingerprint density at radius 3 is 2.30 bits per heavy atom. The van der Waals surface area contributed by atoms with E-state index in [1.165, 1.54) is 24.8 Å². The summed E-state index contributed by atoms with van der Waals surface area (Å²) in [5.74, 6) is 0.951. The lowest BCUT2D eigenvalue weighted by Gasteiger charge is -2.35. The Morgan fingerprint density at radius 2 is 1.68 bits per heavy atom. The normalized spacial score (nSPS) is 14.4. The highest BCUT2D eigenvalue weighted by Gasteiger charge is 2.24. The third-order valence-electron chi connectivity index (χ3n) is 6.61. The van der Waals surface area contributed by atoms with E-state index in [1.54, 1.807) is 24.3 Å². The maximum atomic E-state index is 13.2. The number of carbonyl (C=O) groups is 1. The maximum absolute atomic E-state index is 13.2. The van der Waals surface area contributed by atoms with Gasteiger partial charge in [0.2, 0.25) is 0 Å². The van der Waals surface area contributed by atoms with Crippen molar-refractivity contribution in [3.05, 3.63) is 83.9 Å². The molecule has 3 aromatic rings. The molecule has 1 amide bonds. The Morgan fingerprint density at radius 1 is 1.00 bits per heavy atom. The largest absolute Gasteiger partial charge is 0.497 e. The SMILES string of the molecule is COc1ccc(S(=O)(=O)Nc2ccc(N3CCC(Cc4ccccc4)CC3)c(C(=O)NC(C)C)c2)cc1. The summed E-state index contributed by atoms with van der Waals surface area (Å²) in [4.78, 5) is 15.5. The standard InChI is InChI=1S/C29H35N3O4S/c1-21(2)30-29(33)27-20-24(31-37(34,35)26-12-10-25(36-3)11-13-26)9-14-28(27)32-17-15-23(16-18-32)19-22-7-5-4-6-8-22/h4-14,20-21,23,31H,15-19H2,1-3H3,(H,30,33). The van der Waals surface area contributed by atoms with E-state index >= 15 is 0 Å². The number of ether oxygens (including phenoxy) is 1. The highest BCUT2D eigenvalue weighted by Crippen LogP contribution is 2.31. The van der Waals surface area contributed by atoms with E-state index in [0.717, 1.165) is 38.0 Å². The second-order valence-electron chi connectivity index (χ2n) is 9.76. The van der Waals surface area contributed by atoms with Crippen LogP contribution in [0.5, 0.6) is 5.75 Å². The first-order valence-electron chi connectivity index (χ1n) is 12.7. The van der Waals surface area contributed by atoms with Crippen LogP contribution in [-0.4, -0.2) is 40.6 Å². The van der Waals surface area contributed by atoms with Gasteiger partial charge in [0.25, 0.3) is 15.9 Å². The minimum absolute atomic E-state index is 0.0448. The fraction of sp³-hybridized carbons (Fsp3) is 0.345. The third-order valence-corrected chi connectivity index (χ3v) is 8.00. The molecule has 0 radical (unpaired) electrons. The summed E-state index contributed by atoms with van der Waals surface area (Å²) < 4.78 is 33.7. The van der Waals surface area contributed by atoms with Gasteiger partial charge in [-0.1, -0.05) is 30.3 Å². The molecule has 1 aliphatic heterocycles. The molecule has 2 N–H and O–H groups in total. The Hall–Kier alpha value is -3.52. The van der Waals surface area contributed by atoms with Crippen LogP contribution in [0.2, 0.25) is 0 Å². The number of hydrogen-bond donors (Lipinski definition) is 2. The summed E-state index contributed by atoms with van der Waals surface area (Å²) >= 11 is 0. The summed E-state index contributed by atoms with van der Waals surface area (Å²) in [6.07, 6.45) is 3.12. The minimum atomic E-state index is -3.83. The Bertz CT molecular complexity index is 1300. The molecule has 4 rings (SSSR count). The van der Waals surface area contributed by atoms with Crippen molar-refractivity contribution in [1.29, 1.82) is 0 Å². The maximum Gasteiger partial charge on any atom is 0.261 e. The number of carbonyl (C=O) groups excluding carboxylic acids is 1. The number of hydrogen-bond acceptors (Lipinski definition) is 5. The Labute approximate surface area is 219 Å². The number of benzene rings is 3. The van der Waals surface area contributed by atoms with E-state index in [0.29, 0.717) is 22.9 Å². The number of methoxy groups -OCH3 is 1. The van der Waals surface area contributed by atoms with Crippen molar-refractivity contribution in [2.24, 2.45) is 5.92 Å². The number of anilines is 2. The molecule has 0 saturated carbocycles. The van der Waals surface area contributed by atoms with Crippen LogP contribution in [0.4, 0.5) is 11.4 Å². The van der Waals surface area contributed by atoms with E-state index in [4.69, 9.17) is 4.74 Å². The second kappa shape index (κ2) is 11.7. The summed E-state index contributed by atoms with van der Waals surface area (Å²) in [5, 5.41) is 2.96. The predicted molar refractivity (Wildman–Crippen MR) is 148 cm³/mol. The molecule has 0 aromatic heterocycles. The van der Waals surface area contributed by atoms with Crippen LogP contribution in [0, 0.1) is 5.92 Å². The van der Waals surface area contributed by atoms with Gasteiger partial charge in [0.15, 0.2) is 0 Å². The summed E-state index contributed by atoms with van der Waals surface area (Å²) in [7, 11) is -2.30. The van der Waals surface area contributed by atoms with Gasteiger partial charge in [0.1, 0.15) is 5.75 Å². The first-order valence-corrected chi connectivity index (χ1v) is 14.1. The quantitative estimate of drug-likeness (QED) is 0.409. The molecular formula is C29H35N3O4S. The van der Waals surface area contributed by atoms with Crippen LogP contribution >= 0.6 is 0 Å². The molecule has 37 heavy (non-hydrogen) atoms. The van der Waals surface area contributed by atoms with E-state index in [9.17, 15) is 13.2 Å². The zero-order chi connectivity index (χ0) is 26.4. The molecule has 7 nitrogen and oxygen atoms in total. The van der Waals surface area contributed by atoms with Crippen LogP contribution in [0.3, 0.4) is 0 Å². The van der Waals surface area contributed by atoms with Crippen molar-refractivity contribution in [2.45, 2.75) is 44.0 Å². The third kappa shape index (κ3) is 6.83. The van der Waals surface area contributed by atoms with E-state index in [2.05, 4.69) is 39.2 Å². The van der Waals surface area contributed by atoms with Gasteiger partial charge in [-0.2, -0.15) is 0 Å². The van der Waals surface area contributed by atoms with Crippen LogP contribution in [0.25, 0.3) is 0 Å². The molecule has 3 aromatic carbocycles. The fourth-order valence-corrected chi connectivity index (χ4v) is 5.74. The molecule has 0 spiro atoms. The molecule has 1 aliphatic rings. The second-order valence-corrected chi connectivity index (χ2v) is 11.4. The zero-order valence-corrected chi connectivity index (χ0v) is 22.4. The lowest BCUT2D eigenvalue weighted by molar-refractivity contribution is 0.0943. The van der Waals surface area contributed by atoms with E-state index in [1.807, 2.05) is 26.0 Å². The number of piperidine rings is 1. The lowest BCUT2D eigenvalue weighted by Crippen LogP contribution is -2.37. The van der Waals surface area contributed by atoms with Crippen molar-refractivity contribution in [3.8, 4) is 5.75 Å². The van der Waals surface area contributed by atoms with E-state index in [-0.39, 0.29) is 16.8 Å². The molecule has 0 aliphatic carbocycles. The van der Waals surface area contributed by atoms with Crippen molar-refractivity contribution in [1.82, 2.24) is 5.32 Å². The molecule has 8 heteroatoms. The molecule has 1 heterocycles. The number of sulfonamides is 1. The van der Waals surface area contributed by atoms with Crippen molar-refractivity contribution in [3.63, 3.8) is 0 Å². The van der Waals surface area contributed by atoms with Crippen LogP contribution in [0.15, 0.2) is 77.7 Å². The van der Waals surface area contributed by atoms with Gasteiger partial charge in [-0.25, -0.2) is 8.42 Å². The topological polar surface area (TPSA) is 87.7 Å². The molecule has 0 atom stereocenters. The van der Waals surface area contributed by atoms with Gasteiger partial charge >= 0.3 is 0 Å². The molecule has 1 saturated heterocycles. The van der Waals surface area contributed by atoms with Crippen molar-refractivity contribution >= 4 is 27.3 Å². The molecular weight excluding hydrogens is 486 g/mol. The number of nitrogens with zero attached hydrogens (tertiary/aromatic N) is 1. The monoisotopic (exact) mass is 521 g/mol. The fourth-order valence-electron chi connectivity index (χ4n) is 4.69. The predicted octanol–water partition coefficient (Wildman–Crippen LogP) is 5.09. The van der Waals surface area contributed by atoms with Gasteiger partial charge in [0, 0.05) is 30.5 Å². The highest BCUT2D eigenvalue weighted by molar-refractivity contribution is 7.92. The first-order chi connectivity index (χ1) is 17.7. The Balaban J connectivity index is 1.53. The molecule has 0 bridgehead atoms. The van der Waals surface area contributed by atoms with Gasteiger partial charge in [-0.15, -0.1) is 0 Å². The minimum Gasteiger partial charge on any atom is -0.497 e. The summed E-state index contributed by atoms with van der Waals surface area (Å²) in [5.41, 5.74) is 2.98. The average Bonchev–Trinajstić information content (AvgIpc) is 2.89. The van der Waals surface area contributed by atoms with E-state index < -0.39 is 10.0 Å². The lowest BCUT2D eigenvalue weighted by atomic mass is 9.89. The van der Waals surface area contributed by atoms with Crippen LogP contribution < -0.4 is 19.7 Å². The highest BCUT2D eigenvalue weighted by atomic mass is 32.2. The van der Waals surface area contributed by atoms with Crippen LogP contribution in [0.1, 0.15) is 42.6 Å². The zero-order valence-electron chi connectivity index (χ0n) is 21.6. The summed E-state index contributed by atoms with van der Waals surface area (Å²) in [6.45, 7) is 5.50. The molecule has 1 fully saturated rings. The number of nitrogens with one attached hydrogen (secondary N) is 2.